The van der Waals surface area contributed by atoms with E-state index in [1.165, 1.54) is 6.33 Å². The standard InChI is InChI=1S/C5H4N4.C5H11NO2/c1-4-5(8-2-6-1)9-3-7-4;1-6(2,3)4-5(7)8/h1-3H,(H,6,7,8,9);4H2,1-3H3. The summed E-state index contributed by atoms with van der Waals surface area (Å²) >= 11 is 0. The Labute approximate surface area is 98.7 Å². The number of carbonyl (C=O) groups is 1. The van der Waals surface area contributed by atoms with Gasteiger partial charge in [-0.05, 0) is 0 Å². The molecule has 0 unspecified atom stereocenters. The highest BCUT2D eigenvalue weighted by atomic mass is 16.4. The Balaban J connectivity index is 0.000000172. The van der Waals surface area contributed by atoms with Crippen molar-refractivity contribution in [2.45, 2.75) is 0 Å². The minimum atomic E-state index is -1.00. The fourth-order valence-corrected chi connectivity index (χ4v) is 1.08. The van der Waals surface area contributed by atoms with Crippen molar-refractivity contribution in [3.8, 4) is 0 Å². The molecule has 1 N–H and O–H groups in total. The molecule has 0 aliphatic heterocycles. The van der Waals surface area contributed by atoms with Gasteiger partial charge in [-0.25, -0.2) is 15.0 Å². The first-order chi connectivity index (χ1) is 7.88. The lowest BCUT2D eigenvalue weighted by Crippen LogP contribution is -2.45. The minimum Gasteiger partial charge on any atom is -0.544 e. The van der Waals surface area contributed by atoms with Gasteiger partial charge in [0.25, 0.3) is 0 Å². The molecular weight excluding hydrogens is 222 g/mol. The van der Waals surface area contributed by atoms with Crippen LogP contribution in [0.4, 0.5) is 0 Å². The molecule has 7 nitrogen and oxygen atoms in total. The molecule has 0 spiro atoms. The summed E-state index contributed by atoms with van der Waals surface area (Å²) in [7, 11) is 5.40. The molecule has 0 aliphatic carbocycles. The Morgan fingerprint density at radius 3 is 2.59 bits per heavy atom. The Bertz CT molecular complexity index is 458. The number of aromatic nitrogens is 4. The van der Waals surface area contributed by atoms with Crippen molar-refractivity contribution >= 4 is 17.1 Å². The zero-order valence-corrected chi connectivity index (χ0v) is 10.0. The van der Waals surface area contributed by atoms with Crippen molar-refractivity contribution in [3.63, 3.8) is 0 Å². The summed E-state index contributed by atoms with van der Waals surface area (Å²) in [5, 5.41) is 9.89. The van der Waals surface area contributed by atoms with Crippen LogP contribution in [0.3, 0.4) is 0 Å². The Hall–Kier alpha value is -2.02. The summed E-state index contributed by atoms with van der Waals surface area (Å²) in [6.07, 6.45) is 4.75. The van der Waals surface area contributed by atoms with Gasteiger partial charge in [0.05, 0.1) is 39.6 Å². The van der Waals surface area contributed by atoms with E-state index in [1.807, 2.05) is 0 Å². The van der Waals surface area contributed by atoms with Gasteiger partial charge in [-0.2, -0.15) is 0 Å². The predicted octanol–water partition coefficient (Wildman–Crippen LogP) is -1.20. The molecule has 0 atom stereocenters. The van der Waals surface area contributed by atoms with Gasteiger partial charge in [0.15, 0.2) is 5.65 Å². The van der Waals surface area contributed by atoms with E-state index < -0.39 is 5.97 Å². The topological polar surface area (TPSA) is 94.6 Å². The van der Waals surface area contributed by atoms with Gasteiger partial charge < -0.3 is 19.4 Å². The SMILES string of the molecule is C[N+](C)(C)CC(=O)[O-].c1ncc2nc[nH]c2n1. The van der Waals surface area contributed by atoms with Gasteiger partial charge in [-0.15, -0.1) is 0 Å². The van der Waals surface area contributed by atoms with Crippen LogP contribution >= 0.6 is 0 Å². The van der Waals surface area contributed by atoms with Crippen LogP contribution in [-0.4, -0.2) is 58.1 Å². The third kappa shape index (κ3) is 5.03. The number of H-pyrrole nitrogens is 1. The van der Waals surface area contributed by atoms with Crippen LogP contribution in [0.2, 0.25) is 0 Å². The highest BCUT2D eigenvalue weighted by Crippen LogP contribution is 1.99. The van der Waals surface area contributed by atoms with Crippen molar-refractivity contribution in [2.24, 2.45) is 0 Å². The number of hydrogen-bond donors (Lipinski definition) is 1. The second kappa shape index (κ2) is 5.35. The molecule has 0 aliphatic rings. The van der Waals surface area contributed by atoms with Gasteiger partial charge >= 0.3 is 0 Å². The number of hydrogen-bond acceptors (Lipinski definition) is 5. The van der Waals surface area contributed by atoms with E-state index in [-0.39, 0.29) is 6.54 Å². The first-order valence-electron chi connectivity index (χ1n) is 4.98. The van der Waals surface area contributed by atoms with Crippen molar-refractivity contribution < 1.29 is 14.4 Å². The maximum atomic E-state index is 9.89. The molecule has 0 bridgehead atoms. The average molecular weight is 237 g/mol. The maximum absolute atomic E-state index is 9.89. The molecule has 7 heteroatoms. The molecule has 0 saturated heterocycles. The number of carboxylic acids is 1. The van der Waals surface area contributed by atoms with Crippen LogP contribution in [0.1, 0.15) is 0 Å². The quantitative estimate of drug-likeness (QED) is 0.662. The lowest BCUT2D eigenvalue weighted by molar-refractivity contribution is -0.864. The van der Waals surface area contributed by atoms with Crippen molar-refractivity contribution in [1.29, 1.82) is 0 Å². The number of aromatic amines is 1. The molecule has 0 fully saturated rings. The van der Waals surface area contributed by atoms with Crippen molar-refractivity contribution in [3.05, 3.63) is 18.9 Å². The number of nitrogens with one attached hydrogen (secondary N) is 1. The summed E-state index contributed by atoms with van der Waals surface area (Å²) in [4.78, 5) is 24.4. The van der Waals surface area contributed by atoms with E-state index in [2.05, 4.69) is 19.9 Å². The number of quaternary nitrogens is 1. The molecule has 0 aromatic carbocycles. The summed E-state index contributed by atoms with van der Waals surface area (Å²) in [5.74, 6) is -1.00. The molecule has 0 amide bonds. The number of rotatable bonds is 2. The number of fused-ring (bicyclic) bond motifs is 1. The van der Waals surface area contributed by atoms with Crippen LogP contribution in [-0.2, 0) is 4.79 Å². The summed E-state index contributed by atoms with van der Waals surface area (Å²) < 4.78 is 0.419. The number of imidazole rings is 1. The first-order valence-corrected chi connectivity index (χ1v) is 4.98. The second-order valence-corrected chi connectivity index (χ2v) is 4.48. The summed E-state index contributed by atoms with van der Waals surface area (Å²) in [5.41, 5.74) is 1.59. The van der Waals surface area contributed by atoms with E-state index in [4.69, 9.17) is 0 Å². The zero-order valence-electron chi connectivity index (χ0n) is 10.0. The molecule has 0 radical (unpaired) electrons. The molecule has 17 heavy (non-hydrogen) atoms. The first kappa shape index (κ1) is 13.0. The van der Waals surface area contributed by atoms with E-state index in [1.54, 1.807) is 33.7 Å². The van der Waals surface area contributed by atoms with Crippen molar-refractivity contribution in [1.82, 2.24) is 19.9 Å². The van der Waals surface area contributed by atoms with Gasteiger partial charge in [-0.3, -0.25) is 0 Å². The molecular formula is C10H15N5O2. The fraction of sp³-hybridized carbons (Fsp3) is 0.400. The van der Waals surface area contributed by atoms with Crippen LogP contribution < -0.4 is 5.11 Å². The highest BCUT2D eigenvalue weighted by molar-refractivity contribution is 5.67. The smallest absolute Gasteiger partial charge is 0.160 e. The monoisotopic (exact) mass is 237 g/mol. The van der Waals surface area contributed by atoms with E-state index in [9.17, 15) is 9.90 Å². The highest BCUT2D eigenvalue weighted by Gasteiger charge is 2.04. The Kier molecular flexibility index (Phi) is 4.11. The number of carboxylic acid groups (broad SMARTS) is 1. The molecule has 2 aromatic heterocycles. The maximum Gasteiger partial charge on any atom is 0.160 e. The van der Waals surface area contributed by atoms with Crippen LogP contribution in [0.15, 0.2) is 18.9 Å². The molecule has 2 heterocycles. The normalized spacial score (nSPS) is 10.8. The molecule has 0 saturated carbocycles. The molecule has 92 valence electrons. The zero-order chi connectivity index (χ0) is 12.9. The second-order valence-electron chi connectivity index (χ2n) is 4.48. The fourth-order valence-electron chi connectivity index (χ4n) is 1.08. The van der Waals surface area contributed by atoms with E-state index in [0.717, 1.165) is 11.2 Å². The van der Waals surface area contributed by atoms with Gasteiger partial charge in [0, 0.05) is 0 Å². The van der Waals surface area contributed by atoms with Crippen LogP contribution in [0.5, 0.6) is 0 Å². The largest absolute Gasteiger partial charge is 0.544 e. The molecule has 2 aromatic rings. The molecule has 2 rings (SSSR count). The van der Waals surface area contributed by atoms with Gasteiger partial charge in [-0.1, -0.05) is 0 Å². The Morgan fingerprint density at radius 1 is 1.41 bits per heavy atom. The van der Waals surface area contributed by atoms with Crippen LogP contribution in [0.25, 0.3) is 11.2 Å². The third-order valence-corrected chi connectivity index (χ3v) is 1.70. The van der Waals surface area contributed by atoms with E-state index in [0.29, 0.717) is 4.48 Å². The van der Waals surface area contributed by atoms with E-state index >= 15 is 0 Å². The summed E-state index contributed by atoms with van der Waals surface area (Å²) in [6, 6.07) is 0. The van der Waals surface area contributed by atoms with Gasteiger partial charge in [0.2, 0.25) is 0 Å². The van der Waals surface area contributed by atoms with Gasteiger partial charge in [0.1, 0.15) is 18.4 Å². The lowest BCUT2D eigenvalue weighted by Gasteiger charge is -2.23. The summed E-state index contributed by atoms with van der Waals surface area (Å²) in [6.45, 7) is 0.0694. The number of likely N-dealkylation sites (N-methyl/N-ethyl adjacent to an activating group) is 1. The number of aliphatic carboxylic acids is 1. The number of carbonyl (C=O) groups excluding carboxylic acids is 1. The lowest BCUT2D eigenvalue weighted by atomic mass is 10.5. The number of nitrogens with zero attached hydrogens (tertiary/aromatic N) is 4. The Morgan fingerprint density at radius 2 is 2.12 bits per heavy atom. The minimum absolute atomic E-state index is 0.0694. The average Bonchev–Trinajstić information content (AvgIpc) is 2.61. The van der Waals surface area contributed by atoms with Crippen molar-refractivity contribution in [2.75, 3.05) is 27.7 Å². The third-order valence-electron chi connectivity index (χ3n) is 1.70. The predicted molar refractivity (Wildman–Crippen MR) is 59.6 cm³/mol. The van der Waals surface area contributed by atoms with Crippen LogP contribution in [0, 0.1) is 0 Å².